The zero-order valence-electron chi connectivity index (χ0n) is 12.4. The van der Waals surface area contributed by atoms with Crippen LogP contribution in [0.15, 0.2) is 0 Å². The highest BCUT2D eigenvalue weighted by Gasteiger charge is 2.41. The van der Waals surface area contributed by atoms with Crippen molar-refractivity contribution in [3.63, 3.8) is 0 Å². The summed E-state index contributed by atoms with van der Waals surface area (Å²) in [6.07, 6.45) is 3.52. The number of ether oxygens (including phenoxy) is 2. The third kappa shape index (κ3) is 3.93. The van der Waals surface area contributed by atoms with E-state index in [2.05, 4.69) is 25.6 Å². The lowest BCUT2D eigenvalue weighted by Crippen LogP contribution is -2.19. The monoisotopic (exact) mass is 281 g/mol. The van der Waals surface area contributed by atoms with Crippen LogP contribution in [-0.2, 0) is 4.74 Å². The van der Waals surface area contributed by atoms with Crippen LogP contribution in [0.5, 0.6) is 6.01 Å². The van der Waals surface area contributed by atoms with Gasteiger partial charge in [0, 0.05) is 27.3 Å². The molecule has 1 aromatic heterocycles. The molecule has 0 unspecified atom stereocenters. The summed E-state index contributed by atoms with van der Waals surface area (Å²) in [4.78, 5) is 12.7. The van der Waals surface area contributed by atoms with Crippen LogP contribution in [0.2, 0.25) is 0 Å². The van der Waals surface area contributed by atoms with Gasteiger partial charge in [0.1, 0.15) is 0 Å². The molecule has 0 amide bonds. The topological polar surface area (TPSA) is 81.2 Å². The molecule has 0 radical (unpaired) electrons. The van der Waals surface area contributed by atoms with Gasteiger partial charge in [-0.25, -0.2) is 0 Å². The van der Waals surface area contributed by atoms with E-state index in [-0.39, 0.29) is 0 Å². The average molecular weight is 281 g/mol. The Morgan fingerprint density at radius 1 is 1.20 bits per heavy atom. The second-order valence-electron chi connectivity index (χ2n) is 5.04. The summed E-state index contributed by atoms with van der Waals surface area (Å²) in [6, 6.07) is 0.344. The first-order chi connectivity index (χ1) is 9.71. The highest BCUT2D eigenvalue weighted by molar-refractivity contribution is 5.35. The maximum atomic E-state index is 5.34. The van der Waals surface area contributed by atoms with Gasteiger partial charge >= 0.3 is 6.01 Å². The molecule has 2 N–H and O–H groups in total. The van der Waals surface area contributed by atoms with Gasteiger partial charge in [0.25, 0.3) is 0 Å². The maximum absolute atomic E-state index is 5.34. The lowest BCUT2D eigenvalue weighted by Gasteiger charge is -2.15. The minimum atomic E-state index is 0.341. The third-order valence-electron chi connectivity index (χ3n) is 3.53. The third-order valence-corrected chi connectivity index (χ3v) is 3.53. The van der Waals surface area contributed by atoms with E-state index in [0.29, 0.717) is 29.9 Å². The van der Waals surface area contributed by atoms with Gasteiger partial charge in [-0.2, -0.15) is 15.0 Å². The zero-order chi connectivity index (χ0) is 14.4. The fourth-order valence-electron chi connectivity index (χ4n) is 2.02. The van der Waals surface area contributed by atoms with Crippen molar-refractivity contribution in [3.8, 4) is 6.01 Å². The molecule has 1 heterocycles. The number of anilines is 2. The van der Waals surface area contributed by atoms with E-state index in [1.54, 1.807) is 14.2 Å². The summed E-state index contributed by atoms with van der Waals surface area (Å²) in [5.41, 5.74) is 0.341. The fraction of sp³-hybridized carbons (Fsp3) is 0.769. The largest absolute Gasteiger partial charge is 0.464 e. The van der Waals surface area contributed by atoms with Crippen molar-refractivity contribution < 1.29 is 9.47 Å². The first-order valence-electron chi connectivity index (χ1n) is 7.01. The SMILES string of the molecule is CCOc1nc(NC)nc(NCC2(CCOC)CC2)n1. The molecule has 0 aromatic carbocycles. The van der Waals surface area contributed by atoms with E-state index in [9.17, 15) is 0 Å². The Balaban J connectivity index is 1.96. The molecule has 0 aliphatic heterocycles. The Kier molecular flexibility index (Phi) is 4.94. The van der Waals surface area contributed by atoms with E-state index >= 15 is 0 Å². The quantitative estimate of drug-likeness (QED) is 0.710. The Bertz CT molecular complexity index is 437. The van der Waals surface area contributed by atoms with E-state index < -0.39 is 0 Å². The van der Waals surface area contributed by atoms with Crippen molar-refractivity contribution in [2.45, 2.75) is 26.2 Å². The molecule has 7 nitrogen and oxygen atoms in total. The maximum Gasteiger partial charge on any atom is 0.323 e. The Morgan fingerprint density at radius 2 is 1.95 bits per heavy atom. The highest BCUT2D eigenvalue weighted by Crippen LogP contribution is 2.48. The number of nitrogens with zero attached hydrogens (tertiary/aromatic N) is 3. The van der Waals surface area contributed by atoms with Gasteiger partial charge in [-0.05, 0) is 31.6 Å². The summed E-state index contributed by atoms with van der Waals surface area (Å²) < 4.78 is 10.5. The minimum Gasteiger partial charge on any atom is -0.464 e. The van der Waals surface area contributed by atoms with Crippen molar-refractivity contribution >= 4 is 11.9 Å². The van der Waals surface area contributed by atoms with Gasteiger partial charge in [0.15, 0.2) is 0 Å². The second kappa shape index (κ2) is 6.69. The summed E-state index contributed by atoms with van der Waals surface area (Å²) in [6.45, 7) is 4.09. The van der Waals surface area contributed by atoms with E-state index in [1.807, 2.05) is 6.92 Å². The summed E-state index contributed by atoms with van der Waals surface area (Å²) in [5, 5.41) is 6.20. The first-order valence-corrected chi connectivity index (χ1v) is 7.01. The molecule has 0 saturated heterocycles. The number of methoxy groups -OCH3 is 1. The van der Waals surface area contributed by atoms with Crippen molar-refractivity contribution in [2.24, 2.45) is 5.41 Å². The molecule has 112 valence electrons. The Morgan fingerprint density at radius 3 is 2.55 bits per heavy atom. The number of hydrogen-bond acceptors (Lipinski definition) is 7. The summed E-state index contributed by atoms with van der Waals surface area (Å²) in [7, 11) is 3.51. The molecule has 7 heteroatoms. The van der Waals surface area contributed by atoms with Gasteiger partial charge in [0.2, 0.25) is 11.9 Å². The van der Waals surface area contributed by atoms with Gasteiger partial charge < -0.3 is 20.1 Å². The minimum absolute atomic E-state index is 0.341. The van der Waals surface area contributed by atoms with Crippen molar-refractivity contribution in [1.29, 1.82) is 0 Å². The van der Waals surface area contributed by atoms with Crippen molar-refractivity contribution in [3.05, 3.63) is 0 Å². The fourth-order valence-corrected chi connectivity index (χ4v) is 2.02. The van der Waals surface area contributed by atoms with E-state index in [0.717, 1.165) is 19.6 Å². The number of nitrogens with one attached hydrogen (secondary N) is 2. The van der Waals surface area contributed by atoms with Crippen LogP contribution in [0, 0.1) is 5.41 Å². The molecule has 20 heavy (non-hydrogen) atoms. The number of aromatic nitrogens is 3. The Labute approximate surface area is 119 Å². The van der Waals surface area contributed by atoms with Gasteiger partial charge in [-0.1, -0.05) is 0 Å². The molecule has 0 bridgehead atoms. The highest BCUT2D eigenvalue weighted by atomic mass is 16.5. The summed E-state index contributed by atoms with van der Waals surface area (Å²) in [5.74, 6) is 1.06. The van der Waals surface area contributed by atoms with Crippen molar-refractivity contribution in [1.82, 2.24) is 15.0 Å². The molecule has 1 aliphatic rings. The van der Waals surface area contributed by atoms with Crippen LogP contribution in [0.3, 0.4) is 0 Å². The van der Waals surface area contributed by atoms with E-state index in [4.69, 9.17) is 9.47 Å². The van der Waals surface area contributed by atoms with E-state index in [1.165, 1.54) is 12.8 Å². The standard InChI is InChI=1S/C13H23N5O2/c1-4-20-12-17-10(14-2)16-11(18-12)15-9-13(5-6-13)7-8-19-3/h4-9H2,1-3H3,(H2,14,15,16,17,18). The second-order valence-corrected chi connectivity index (χ2v) is 5.04. The van der Waals surface area contributed by atoms with Crippen molar-refractivity contribution in [2.75, 3.05) is 44.5 Å². The number of hydrogen-bond donors (Lipinski definition) is 2. The molecule has 1 fully saturated rings. The molecule has 1 aromatic rings. The molecular weight excluding hydrogens is 258 g/mol. The lowest BCUT2D eigenvalue weighted by atomic mass is 10.0. The van der Waals surface area contributed by atoms with Crippen LogP contribution >= 0.6 is 0 Å². The molecular formula is C13H23N5O2. The van der Waals surface area contributed by atoms with Crippen LogP contribution in [0.25, 0.3) is 0 Å². The van der Waals surface area contributed by atoms with Gasteiger partial charge in [0.05, 0.1) is 6.61 Å². The van der Waals surface area contributed by atoms with Crippen LogP contribution < -0.4 is 15.4 Å². The molecule has 0 spiro atoms. The Hall–Kier alpha value is -1.63. The smallest absolute Gasteiger partial charge is 0.323 e. The molecule has 1 aliphatic carbocycles. The van der Waals surface area contributed by atoms with Gasteiger partial charge in [-0.3, -0.25) is 0 Å². The normalized spacial score (nSPS) is 15.8. The zero-order valence-corrected chi connectivity index (χ0v) is 12.4. The summed E-state index contributed by atoms with van der Waals surface area (Å²) >= 11 is 0. The van der Waals surface area contributed by atoms with Crippen LogP contribution in [-0.4, -0.2) is 48.9 Å². The average Bonchev–Trinajstić information content (AvgIpc) is 3.24. The first kappa shape index (κ1) is 14.8. The molecule has 2 rings (SSSR count). The predicted molar refractivity (Wildman–Crippen MR) is 77.2 cm³/mol. The number of rotatable bonds is 9. The predicted octanol–water partition coefficient (Wildman–Crippen LogP) is 1.54. The lowest BCUT2D eigenvalue weighted by molar-refractivity contribution is 0.174. The van der Waals surface area contributed by atoms with Gasteiger partial charge in [-0.15, -0.1) is 0 Å². The molecule has 0 atom stereocenters. The molecule has 1 saturated carbocycles. The van der Waals surface area contributed by atoms with Crippen LogP contribution in [0.1, 0.15) is 26.2 Å². The van der Waals surface area contributed by atoms with Crippen LogP contribution in [0.4, 0.5) is 11.9 Å².